The molecule has 2 aromatic carbocycles. The quantitative estimate of drug-likeness (QED) is 0.369. The van der Waals surface area contributed by atoms with Crippen LogP contribution >= 0.6 is 11.6 Å². The van der Waals surface area contributed by atoms with Crippen molar-refractivity contribution in [3.63, 3.8) is 0 Å². The Hall–Kier alpha value is -3.70. The molecule has 0 bridgehead atoms. The van der Waals surface area contributed by atoms with Crippen LogP contribution in [0.25, 0.3) is 0 Å². The van der Waals surface area contributed by atoms with E-state index in [0.29, 0.717) is 23.2 Å². The van der Waals surface area contributed by atoms with Gasteiger partial charge in [0, 0.05) is 12.6 Å². The van der Waals surface area contributed by atoms with Crippen molar-refractivity contribution in [1.29, 1.82) is 0 Å². The highest BCUT2D eigenvalue weighted by Gasteiger charge is 2.42. The Morgan fingerprint density at radius 3 is 2.54 bits per heavy atom. The number of hydrogen-bond acceptors (Lipinski definition) is 4. The van der Waals surface area contributed by atoms with Crippen molar-refractivity contribution in [1.82, 2.24) is 10.3 Å². The molecule has 1 aromatic heterocycles. The van der Waals surface area contributed by atoms with Gasteiger partial charge >= 0.3 is 12.2 Å². The molecule has 3 rings (SSSR count). The van der Waals surface area contributed by atoms with Crippen molar-refractivity contribution in [3.8, 4) is 18.1 Å². The van der Waals surface area contributed by atoms with Gasteiger partial charge in [-0.3, -0.25) is 4.98 Å². The number of pyridine rings is 1. The van der Waals surface area contributed by atoms with Gasteiger partial charge in [-0.25, -0.2) is 9.18 Å². The van der Waals surface area contributed by atoms with Crippen LogP contribution in [0.5, 0.6) is 5.75 Å². The predicted molar refractivity (Wildman–Crippen MR) is 126 cm³/mol. The van der Waals surface area contributed by atoms with Crippen LogP contribution < -0.4 is 10.1 Å². The molecule has 1 amide bonds. The topological polar surface area (TPSA) is 60.5 Å². The maximum absolute atomic E-state index is 14.0. The Labute approximate surface area is 206 Å². The van der Waals surface area contributed by atoms with Crippen LogP contribution in [-0.4, -0.2) is 30.0 Å². The number of benzene rings is 2. The number of nitrogens with zero attached hydrogens (tertiary/aromatic N) is 1. The van der Waals surface area contributed by atoms with Gasteiger partial charge in [-0.2, -0.15) is 8.78 Å². The Balaban J connectivity index is 2.18. The van der Waals surface area contributed by atoms with Gasteiger partial charge in [-0.15, -0.1) is 6.42 Å². The number of terminal acetylenes is 1. The van der Waals surface area contributed by atoms with Gasteiger partial charge in [0.15, 0.2) is 6.61 Å². The third kappa shape index (κ3) is 6.46. The van der Waals surface area contributed by atoms with E-state index in [9.17, 15) is 18.0 Å². The third-order valence-electron chi connectivity index (χ3n) is 5.12. The third-order valence-corrected chi connectivity index (χ3v) is 5.35. The number of alkyl halides is 3. The lowest BCUT2D eigenvalue weighted by molar-refractivity contribution is -0.215. The van der Waals surface area contributed by atoms with Crippen LogP contribution in [0.1, 0.15) is 23.7 Å². The average Bonchev–Trinajstić information content (AvgIpc) is 2.83. The van der Waals surface area contributed by atoms with Crippen molar-refractivity contribution in [2.24, 2.45) is 0 Å². The smallest absolute Gasteiger partial charge is 0.429 e. The largest absolute Gasteiger partial charge is 0.436 e. The van der Waals surface area contributed by atoms with E-state index in [0.717, 1.165) is 5.56 Å². The van der Waals surface area contributed by atoms with Crippen LogP contribution in [0, 0.1) is 12.3 Å². The molecule has 9 heteroatoms. The molecular weight excluding hydrogens is 481 g/mol. The normalized spacial score (nSPS) is 13.7. The van der Waals surface area contributed by atoms with Crippen LogP contribution in [0.4, 0.5) is 18.0 Å². The molecule has 0 aliphatic heterocycles. The molecule has 5 nitrogen and oxygen atoms in total. The highest BCUT2D eigenvalue weighted by atomic mass is 35.5. The summed E-state index contributed by atoms with van der Waals surface area (Å²) >= 11 is 6.03. The van der Waals surface area contributed by atoms with Gasteiger partial charge in [0.1, 0.15) is 11.3 Å². The summed E-state index contributed by atoms with van der Waals surface area (Å²) in [5, 5.41) is 3.15. The summed E-state index contributed by atoms with van der Waals surface area (Å²) in [5.74, 6) is 1.91. The van der Waals surface area contributed by atoms with Crippen molar-refractivity contribution in [2.45, 2.75) is 31.2 Å². The van der Waals surface area contributed by atoms with Crippen LogP contribution in [0.2, 0.25) is 5.02 Å². The zero-order chi connectivity index (χ0) is 25.5. The summed E-state index contributed by atoms with van der Waals surface area (Å²) in [6.45, 7) is 0.412. The van der Waals surface area contributed by atoms with Gasteiger partial charge in [-0.1, -0.05) is 60.0 Å². The summed E-state index contributed by atoms with van der Waals surface area (Å²) in [6.07, 6.45) is -0.715. The van der Waals surface area contributed by atoms with Gasteiger partial charge in [0.25, 0.3) is 0 Å². The van der Waals surface area contributed by atoms with E-state index in [2.05, 4.69) is 21.0 Å². The fourth-order valence-corrected chi connectivity index (χ4v) is 3.54. The van der Waals surface area contributed by atoms with E-state index in [-0.39, 0.29) is 18.8 Å². The number of halogens is 4. The van der Waals surface area contributed by atoms with E-state index in [4.69, 9.17) is 22.8 Å². The molecule has 0 saturated carbocycles. The molecular formula is C26H22ClF3N2O3. The Morgan fingerprint density at radius 1 is 1.17 bits per heavy atom. The monoisotopic (exact) mass is 502 g/mol. The lowest BCUT2D eigenvalue weighted by Gasteiger charge is -2.35. The molecule has 0 fully saturated rings. The minimum atomic E-state index is -4.06. The second kappa shape index (κ2) is 11.2. The summed E-state index contributed by atoms with van der Waals surface area (Å²) in [4.78, 5) is 17.1. The molecule has 35 heavy (non-hydrogen) atoms. The van der Waals surface area contributed by atoms with Gasteiger partial charge in [0.2, 0.25) is 6.17 Å². The van der Waals surface area contributed by atoms with Crippen molar-refractivity contribution >= 4 is 17.7 Å². The minimum Gasteiger partial charge on any atom is -0.436 e. The lowest BCUT2D eigenvalue weighted by Crippen LogP contribution is -2.49. The van der Waals surface area contributed by atoms with E-state index in [1.54, 1.807) is 18.2 Å². The van der Waals surface area contributed by atoms with E-state index >= 15 is 0 Å². The van der Waals surface area contributed by atoms with Crippen LogP contribution in [-0.2, 0) is 16.7 Å². The summed E-state index contributed by atoms with van der Waals surface area (Å²) in [5.41, 5.74) is 0.0310. The first-order valence-corrected chi connectivity index (χ1v) is 10.9. The standard InChI is InChI=1S/C26H22ClF3N2O3/c1-3-14-34-24(33)32-25(16-19-8-5-4-6-9-19,23-13-12-21(27)17-31-23)20-10-7-11-22(15-20)35-26(29,30)18(2)28/h1,4-13,15,17-18H,14,16H2,2H3,(H,32,33)/t18?,25-/m0/s1. The number of amides is 1. The summed E-state index contributed by atoms with van der Waals surface area (Å²) < 4.78 is 51.1. The first-order valence-electron chi connectivity index (χ1n) is 10.5. The van der Waals surface area contributed by atoms with E-state index in [1.165, 1.54) is 24.4 Å². The number of ether oxygens (including phenoxy) is 2. The number of aromatic nitrogens is 1. The molecule has 0 saturated heterocycles. The molecule has 3 aromatic rings. The maximum Gasteiger partial charge on any atom is 0.429 e. The summed E-state index contributed by atoms with van der Waals surface area (Å²) in [7, 11) is 0. The summed E-state index contributed by atoms with van der Waals surface area (Å²) in [6, 6.07) is 17.9. The zero-order valence-electron chi connectivity index (χ0n) is 18.7. The number of carbonyl (C=O) groups is 1. The van der Waals surface area contributed by atoms with Gasteiger partial charge in [0.05, 0.1) is 10.7 Å². The molecule has 0 radical (unpaired) electrons. The highest BCUT2D eigenvalue weighted by molar-refractivity contribution is 6.30. The Bertz CT molecular complexity index is 1180. The van der Waals surface area contributed by atoms with Crippen molar-refractivity contribution < 1.29 is 27.4 Å². The first kappa shape index (κ1) is 25.9. The van der Waals surface area contributed by atoms with Crippen molar-refractivity contribution in [2.75, 3.05) is 6.61 Å². The number of carbonyl (C=O) groups excluding carboxylic acids is 1. The molecule has 1 N–H and O–H groups in total. The molecule has 1 unspecified atom stereocenters. The Kier molecular flexibility index (Phi) is 8.26. The number of hydrogen-bond donors (Lipinski definition) is 1. The second-order valence-electron chi connectivity index (χ2n) is 7.64. The Morgan fingerprint density at radius 2 is 1.91 bits per heavy atom. The van der Waals surface area contributed by atoms with E-state index in [1.807, 2.05) is 30.3 Å². The first-order chi connectivity index (χ1) is 16.7. The molecule has 0 spiro atoms. The number of nitrogens with one attached hydrogen (secondary N) is 1. The predicted octanol–water partition coefficient (Wildman–Crippen LogP) is 5.91. The van der Waals surface area contributed by atoms with Crippen LogP contribution in [0.15, 0.2) is 72.9 Å². The van der Waals surface area contributed by atoms with Crippen molar-refractivity contribution in [3.05, 3.63) is 94.8 Å². The maximum atomic E-state index is 14.0. The molecule has 2 atom stereocenters. The zero-order valence-corrected chi connectivity index (χ0v) is 19.4. The van der Waals surface area contributed by atoms with E-state index < -0.39 is 23.9 Å². The van der Waals surface area contributed by atoms with Gasteiger partial charge in [-0.05, 0) is 42.3 Å². The lowest BCUT2D eigenvalue weighted by atomic mass is 9.80. The fraction of sp³-hybridized carbons (Fsp3) is 0.231. The molecule has 0 aliphatic rings. The SMILES string of the molecule is C#CCOC(=O)N[C@@](Cc1ccccc1)(c1cccc(OC(F)(F)C(C)F)c1)c1ccc(Cl)cn1. The average molecular weight is 503 g/mol. The minimum absolute atomic E-state index is 0.146. The fourth-order valence-electron chi connectivity index (χ4n) is 3.43. The highest BCUT2D eigenvalue weighted by Crippen LogP contribution is 2.36. The van der Waals surface area contributed by atoms with Gasteiger partial charge < -0.3 is 14.8 Å². The molecule has 1 heterocycles. The molecule has 0 aliphatic carbocycles. The van der Waals surface area contributed by atoms with Crippen LogP contribution in [0.3, 0.4) is 0 Å². The molecule has 182 valence electrons. The number of rotatable bonds is 9. The second-order valence-corrected chi connectivity index (χ2v) is 8.08. The number of alkyl carbamates (subject to hydrolysis) is 1.